The average Bonchev–Trinajstić information content (AvgIpc) is 3.49. The minimum atomic E-state index is -3.93. The van der Waals surface area contributed by atoms with Crippen LogP contribution in [-0.2, 0) is 30.7 Å². The Kier molecular flexibility index (Phi) is 9.27. The number of aliphatic hydroxyl groups is 1. The van der Waals surface area contributed by atoms with Crippen LogP contribution in [0.25, 0.3) is 0 Å². The van der Waals surface area contributed by atoms with E-state index in [-0.39, 0.29) is 49.1 Å². The molecule has 0 unspecified atom stereocenters. The Morgan fingerprint density at radius 3 is 2.53 bits per heavy atom. The van der Waals surface area contributed by atoms with Crippen molar-refractivity contribution >= 4 is 21.8 Å². The van der Waals surface area contributed by atoms with Crippen molar-refractivity contribution in [2.75, 3.05) is 32.0 Å². The first-order chi connectivity index (χ1) is 18.1. The molecule has 2 aliphatic heterocycles. The summed E-state index contributed by atoms with van der Waals surface area (Å²) < 4.78 is 44.9. The lowest BCUT2D eigenvalue weighted by Gasteiger charge is -2.31. The smallest absolute Gasteiger partial charge is 0.407 e. The number of rotatable bonds is 11. The number of sulfonamides is 1. The Balaban J connectivity index is 1.51. The molecular weight excluding hydrogens is 510 g/mol. The average molecular weight is 548 g/mol. The molecule has 0 saturated carbocycles. The van der Waals surface area contributed by atoms with Gasteiger partial charge in [-0.1, -0.05) is 44.2 Å². The van der Waals surface area contributed by atoms with E-state index in [1.807, 2.05) is 44.2 Å². The Labute approximate surface area is 224 Å². The monoisotopic (exact) mass is 547 g/mol. The normalized spacial score (nSPS) is 22.8. The van der Waals surface area contributed by atoms with Gasteiger partial charge >= 0.3 is 6.09 Å². The van der Waals surface area contributed by atoms with Crippen LogP contribution >= 0.6 is 0 Å². The molecule has 0 aliphatic carbocycles. The number of aliphatic hydroxyl groups excluding tert-OH is 1. The summed E-state index contributed by atoms with van der Waals surface area (Å²) in [4.78, 5) is 13.0. The van der Waals surface area contributed by atoms with E-state index in [9.17, 15) is 18.3 Å². The minimum absolute atomic E-state index is 0.000183. The van der Waals surface area contributed by atoms with E-state index in [1.165, 1.54) is 28.6 Å². The molecule has 2 saturated heterocycles. The quantitative estimate of drug-likeness (QED) is 0.364. The maximum atomic E-state index is 13.5. The van der Waals surface area contributed by atoms with E-state index >= 15 is 0 Å². The van der Waals surface area contributed by atoms with Crippen LogP contribution in [-0.4, -0.2) is 74.8 Å². The molecule has 0 aromatic heterocycles. The molecule has 4 rings (SSSR count). The second-order valence-corrected chi connectivity index (χ2v) is 12.2. The van der Waals surface area contributed by atoms with Crippen molar-refractivity contribution in [1.29, 1.82) is 0 Å². The van der Waals surface area contributed by atoms with Gasteiger partial charge in [0.15, 0.2) is 6.29 Å². The highest BCUT2D eigenvalue weighted by Crippen LogP contribution is 2.33. The summed E-state index contributed by atoms with van der Waals surface area (Å²) in [6, 6.07) is 14.5. The van der Waals surface area contributed by atoms with Gasteiger partial charge in [0.05, 0.1) is 36.2 Å². The van der Waals surface area contributed by atoms with Gasteiger partial charge in [-0.15, -0.1) is 0 Å². The number of nitrogens with two attached hydrogens (primary N) is 1. The highest BCUT2D eigenvalue weighted by molar-refractivity contribution is 7.89. The molecule has 2 aromatic rings. The number of nitrogen functional groups attached to an aromatic ring is 1. The lowest BCUT2D eigenvalue weighted by molar-refractivity contribution is -0.0907. The fourth-order valence-electron chi connectivity index (χ4n) is 4.82. The van der Waals surface area contributed by atoms with Crippen molar-refractivity contribution in [3.05, 3.63) is 60.2 Å². The molecule has 38 heavy (non-hydrogen) atoms. The second kappa shape index (κ2) is 12.4. The first-order valence-corrected chi connectivity index (χ1v) is 14.4. The molecule has 1 amide bonds. The molecule has 2 fully saturated rings. The summed E-state index contributed by atoms with van der Waals surface area (Å²) in [5.74, 6) is -0.0231. The molecule has 5 atom stereocenters. The number of anilines is 1. The molecule has 0 bridgehead atoms. The number of nitrogens with one attached hydrogen (secondary N) is 1. The van der Waals surface area contributed by atoms with E-state index in [0.717, 1.165) is 12.0 Å². The van der Waals surface area contributed by atoms with Crippen molar-refractivity contribution in [3.8, 4) is 0 Å². The van der Waals surface area contributed by atoms with Gasteiger partial charge < -0.3 is 30.4 Å². The largest absolute Gasteiger partial charge is 0.443 e. The van der Waals surface area contributed by atoms with Crippen LogP contribution in [0.5, 0.6) is 0 Å². The standard InChI is InChI=1S/C27H37N3O7S/c1-18(2)15-30(38(33,34)21-10-8-20(28)9-11-21)16-24(31)23(14-19-6-4-3-5-7-19)29-27(32)37-25-17-36-26-22(25)12-13-35-26/h3-11,18,22-26,31H,12-17,28H2,1-2H3,(H,29,32)/t22-,23-,24-,25+,26+/m0/s1. The van der Waals surface area contributed by atoms with Crippen molar-refractivity contribution < 1.29 is 32.5 Å². The highest BCUT2D eigenvalue weighted by Gasteiger charge is 2.44. The maximum Gasteiger partial charge on any atom is 0.407 e. The van der Waals surface area contributed by atoms with Crippen LogP contribution in [0.4, 0.5) is 10.5 Å². The third-order valence-corrected chi connectivity index (χ3v) is 8.63. The van der Waals surface area contributed by atoms with Crippen LogP contribution in [0.2, 0.25) is 0 Å². The zero-order valence-corrected chi connectivity index (χ0v) is 22.5. The van der Waals surface area contributed by atoms with E-state index in [2.05, 4.69) is 5.32 Å². The zero-order valence-electron chi connectivity index (χ0n) is 21.7. The molecule has 0 radical (unpaired) electrons. The zero-order chi connectivity index (χ0) is 27.3. The number of alkyl carbamates (subject to hydrolysis) is 1. The number of ether oxygens (including phenoxy) is 3. The predicted octanol–water partition coefficient (Wildman–Crippen LogP) is 2.38. The van der Waals surface area contributed by atoms with Crippen molar-refractivity contribution in [1.82, 2.24) is 9.62 Å². The summed E-state index contributed by atoms with van der Waals surface area (Å²) in [6.07, 6.45) is -1.69. The van der Waals surface area contributed by atoms with Crippen LogP contribution in [0, 0.1) is 11.8 Å². The van der Waals surface area contributed by atoms with E-state index < -0.39 is 34.4 Å². The lowest BCUT2D eigenvalue weighted by atomic mass is 10.0. The number of amides is 1. The topological polar surface area (TPSA) is 140 Å². The fourth-order valence-corrected chi connectivity index (χ4v) is 6.45. The van der Waals surface area contributed by atoms with Crippen LogP contribution in [0.1, 0.15) is 25.8 Å². The van der Waals surface area contributed by atoms with Crippen LogP contribution < -0.4 is 11.1 Å². The molecular formula is C27H37N3O7S. The Morgan fingerprint density at radius 1 is 1.13 bits per heavy atom. The summed E-state index contributed by atoms with van der Waals surface area (Å²) in [5, 5.41) is 14.1. The van der Waals surface area contributed by atoms with Gasteiger partial charge in [0.2, 0.25) is 10.0 Å². The molecule has 11 heteroatoms. The molecule has 2 aliphatic rings. The Morgan fingerprint density at radius 2 is 1.84 bits per heavy atom. The van der Waals surface area contributed by atoms with Gasteiger partial charge in [0.25, 0.3) is 0 Å². The van der Waals surface area contributed by atoms with Crippen molar-refractivity contribution in [2.45, 2.75) is 56.1 Å². The third kappa shape index (κ3) is 7.03. The van der Waals surface area contributed by atoms with Gasteiger partial charge in [-0.25, -0.2) is 13.2 Å². The number of nitrogens with zero attached hydrogens (tertiary/aromatic N) is 1. The minimum Gasteiger partial charge on any atom is -0.443 e. The van der Waals surface area contributed by atoms with Gasteiger partial charge in [-0.2, -0.15) is 4.31 Å². The first kappa shape index (κ1) is 28.3. The maximum absolute atomic E-state index is 13.5. The molecule has 4 N–H and O–H groups in total. The molecule has 10 nitrogen and oxygen atoms in total. The summed E-state index contributed by atoms with van der Waals surface area (Å²) >= 11 is 0. The summed E-state index contributed by atoms with van der Waals surface area (Å²) in [5.41, 5.74) is 7.07. The third-order valence-electron chi connectivity index (χ3n) is 6.79. The number of carbonyl (C=O) groups excluding carboxylic acids is 1. The first-order valence-electron chi connectivity index (χ1n) is 12.9. The molecule has 0 spiro atoms. The predicted molar refractivity (Wildman–Crippen MR) is 142 cm³/mol. The number of carbonyl (C=O) groups is 1. The van der Waals surface area contributed by atoms with E-state index in [1.54, 1.807) is 0 Å². The number of hydrogen-bond acceptors (Lipinski definition) is 8. The number of benzene rings is 2. The summed E-state index contributed by atoms with van der Waals surface area (Å²) in [6.45, 7) is 4.58. The highest BCUT2D eigenvalue weighted by atomic mass is 32.2. The van der Waals surface area contributed by atoms with Gasteiger partial charge in [-0.05, 0) is 48.6 Å². The molecule has 208 valence electrons. The fraction of sp³-hybridized carbons (Fsp3) is 0.519. The van der Waals surface area contributed by atoms with Crippen molar-refractivity contribution in [2.24, 2.45) is 11.8 Å². The van der Waals surface area contributed by atoms with Crippen LogP contribution in [0.3, 0.4) is 0 Å². The summed E-state index contributed by atoms with van der Waals surface area (Å²) in [7, 11) is -3.93. The molecule has 2 aromatic carbocycles. The van der Waals surface area contributed by atoms with E-state index in [4.69, 9.17) is 19.9 Å². The Bertz CT molecular complexity index is 1160. The lowest BCUT2D eigenvalue weighted by Crippen LogP contribution is -2.51. The molecule has 2 heterocycles. The van der Waals surface area contributed by atoms with Gasteiger partial charge in [0.1, 0.15) is 6.10 Å². The number of fused-ring (bicyclic) bond motifs is 1. The van der Waals surface area contributed by atoms with E-state index in [0.29, 0.717) is 12.3 Å². The van der Waals surface area contributed by atoms with Crippen molar-refractivity contribution in [3.63, 3.8) is 0 Å². The Hall–Kier alpha value is -2.70. The van der Waals surface area contributed by atoms with Crippen LogP contribution in [0.15, 0.2) is 59.5 Å². The van der Waals surface area contributed by atoms with Gasteiger partial charge in [0, 0.05) is 18.8 Å². The SMILES string of the molecule is CC(C)CN(C[C@H](O)[C@H](Cc1ccccc1)NC(=O)O[C@@H]1CO[C@H]2OCC[C@H]21)S(=O)(=O)c1ccc(N)cc1. The number of hydrogen-bond donors (Lipinski definition) is 3. The van der Waals surface area contributed by atoms with Gasteiger partial charge in [-0.3, -0.25) is 0 Å². The second-order valence-electron chi connectivity index (χ2n) is 10.3.